The van der Waals surface area contributed by atoms with Gasteiger partial charge in [0.05, 0.1) is 0 Å². The third-order valence-corrected chi connectivity index (χ3v) is 9.82. The second-order valence-corrected chi connectivity index (χ2v) is 12.4. The second-order valence-electron chi connectivity index (χ2n) is 7.59. The molecule has 3 rings (SSSR count). The smallest absolute Gasteiger partial charge is 0.485 e. The minimum absolute atomic E-state index is 0.498. The molecule has 0 aliphatic carbocycles. The Morgan fingerprint density at radius 1 is 0.688 bits per heavy atom. The van der Waals surface area contributed by atoms with E-state index in [2.05, 4.69) is 72.8 Å². The zero-order chi connectivity index (χ0) is 24.0. The van der Waals surface area contributed by atoms with Crippen LogP contribution in [0.4, 0.5) is 17.6 Å². The van der Waals surface area contributed by atoms with Gasteiger partial charge in [0, 0.05) is 0 Å². The average Bonchev–Trinajstić information content (AvgIpc) is 2.72. The molecule has 3 aromatic carbocycles. The quantitative estimate of drug-likeness (QED) is 0.226. The van der Waals surface area contributed by atoms with Gasteiger partial charge in [-0.3, -0.25) is 0 Å². The zero-order valence-electron chi connectivity index (χ0n) is 17.5. The molecule has 0 N–H and O–H groups in total. The molecule has 0 fully saturated rings. The highest BCUT2D eigenvalue weighted by Crippen LogP contribution is 2.57. The summed E-state index contributed by atoms with van der Waals surface area (Å²) in [4.78, 5) is 0. The Balaban J connectivity index is 0.000000390. The van der Waals surface area contributed by atoms with E-state index < -0.39 is 28.6 Å². The Labute approximate surface area is 186 Å². The Morgan fingerprint density at radius 3 is 1.12 bits per heavy atom. The Bertz CT molecular complexity index is 986. The number of alkyl halides is 4. The molecule has 0 saturated heterocycles. The van der Waals surface area contributed by atoms with Gasteiger partial charge >= 0.3 is 5.51 Å². The highest BCUT2D eigenvalue weighted by Gasteiger charge is 2.49. The molecule has 0 spiro atoms. The molecular formula is C23H23F4O3PS. The zero-order valence-corrected chi connectivity index (χ0v) is 19.2. The van der Waals surface area contributed by atoms with Gasteiger partial charge in [0.1, 0.15) is 35.0 Å². The third kappa shape index (κ3) is 6.61. The minimum Gasteiger partial charge on any atom is -0.741 e. The molecule has 32 heavy (non-hydrogen) atoms. The SMILES string of the molecule is CC(C)(F)C[P+](c1ccccc1)(c1ccccc1)c1ccccc1.O=S(=O)([O-])C(F)(F)F. The lowest BCUT2D eigenvalue weighted by molar-refractivity contribution is -0.0517. The number of rotatable bonds is 5. The first-order valence-electron chi connectivity index (χ1n) is 9.53. The summed E-state index contributed by atoms with van der Waals surface area (Å²) >= 11 is 0. The van der Waals surface area contributed by atoms with Crippen LogP contribution in [-0.2, 0) is 10.1 Å². The average molecular weight is 486 g/mol. The van der Waals surface area contributed by atoms with Gasteiger partial charge in [0.15, 0.2) is 10.1 Å². The van der Waals surface area contributed by atoms with Crippen molar-refractivity contribution in [3.63, 3.8) is 0 Å². The van der Waals surface area contributed by atoms with Gasteiger partial charge < -0.3 is 4.55 Å². The maximum Gasteiger partial charge on any atom is 0.485 e. The molecule has 3 aromatic rings. The molecular weight excluding hydrogens is 463 g/mol. The number of hydrogen-bond donors (Lipinski definition) is 0. The van der Waals surface area contributed by atoms with Crippen LogP contribution >= 0.6 is 7.26 Å². The van der Waals surface area contributed by atoms with Gasteiger partial charge in [-0.05, 0) is 50.2 Å². The van der Waals surface area contributed by atoms with E-state index in [-0.39, 0.29) is 0 Å². The van der Waals surface area contributed by atoms with Gasteiger partial charge in [-0.1, -0.05) is 54.6 Å². The van der Waals surface area contributed by atoms with E-state index >= 15 is 0 Å². The monoisotopic (exact) mass is 486 g/mol. The van der Waals surface area contributed by atoms with Crippen LogP contribution in [-0.4, -0.2) is 30.3 Å². The van der Waals surface area contributed by atoms with Crippen molar-refractivity contribution >= 4 is 33.3 Å². The first-order valence-corrected chi connectivity index (χ1v) is 12.9. The van der Waals surface area contributed by atoms with Crippen molar-refractivity contribution in [2.45, 2.75) is 25.0 Å². The Morgan fingerprint density at radius 2 is 0.938 bits per heavy atom. The topological polar surface area (TPSA) is 57.2 Å². The molecule has 0 unspecified atom stereocenters. The number of halogens is 4. The highest BCUT2D eigenvalue weighted by atomic mass is 32.2. The first-order chi connectivity index (χ1) is 14.8. The molecule has 9 heteroatoms. The molecule has 0 aliphatic rings. The largest absolute Gasteiger partial charge is 0.741 e. The van der Waals surface area contributed by atoms with Crippen LogP contribution in [0.15, 0.2) is 91.0 Å². The van der Waals surface area contributed by atoms with Gasteiger partial charge in [-0.25, -0.2) is 12.8 Å². The van der Waals surface area contributed by atoms with Crippen LogP contribution in [0.25, 0.3) is 0 Å². The molecule has 0 amide bonds. The fourth-order valence-corrected chi connectivity index (χ4v) is 7.95. The summed E-state index contributed by atoms with van der Waals surface area (Å²) in [6, 6.07) is 31.3. The van der Waals surface area contributed by atoms with Gasteiger partial charge in [-0.2, -0.15) is 13.2 Å². The summed E-state index contributed by atoms with van der Waals surface area (Å²) in [5, 5.41) is 3.69. The minimum atomic E-state index is -6.09. The molecule has 0 radical (unpaired) electrons. The highest BCUT2D eigenvalue weighted by molar-refractivity contribution is 7.95. The third-order valence-electron chi connectivity index (χ3n) is 4.49. The van der Waals surface area contributed by atoms with Crippen molar-refractivity contribution in [2.24, 2.45) is 0 Å². The molecule has 0 bridgehead atoms. The van der Waals surface area contributed by atoms with Crippen LogP contribution in [0.5, 0.6) is 0 Å². The first kappa shape index (κ1) is 26.0. The lowest BCUT2D eigenvalue weighted by Crippen LogP contribution is -2.38. The maximum absolute atomic E-state index is 15.0. The number of hydrogen-bond acceptors (Lipinski definition) is 3. The van der Waals surface area contributed by atoms with Gasteiger partial charge in [-0.15, -0.1) is 0 Å². The molecule has 0 aliphatic heterocycles. The molecule has 0 saturated carbocycles. The molecule has 0 atom stereocenters. The lowest BCUT2D eigenvalue weighted by atomic mass is 10.2. The van der Waals surface area contributed by atoms with Crippen LogP contribution in [0.1, 0.15) is 13.8 Å². The van der Waals surface area contributed by atoms with Gasteiger partial charge in [0.2, 0.25) is 0 Å². The van der Waals surface area contributed by atoms with Crippen LogP contribution in [0.3, 0.4) is 0 Å². The van der Waals surface area contributed by atoms with Crippen molar-refractivity contribution in [2.75, 3.05) is 6.16 Å². The summed E-state index contributed by atoms with van der Waals surface area (Å²) < 4.78 is 73.9. The van der Waals surface area contributed by atoms with Crippen molar-refractivity contribution in [3.8, 4) is 0 Å². The van der Waals surface area contributed by atoms with E-state index in [4.69, 9.17) is 13.0 Å². The van der Waals surface area contributed by atoms with E-state index in [0.717, 1.165) is 0 Å². The molecule has 3 nitrogen and oxygen atoms in total. The summed E-state index contributed by atoms with van der Waals surface area (Å²) in [6.07, 6.45) is 0.498. The molecule has 172 valence electrons. The Kier molecular flexibility index (Phi) is 8.21. The van der Waals surface area contributed by atoms with E-state index in [1.54, 1.807) is 13.8 Å². The van der Waals surface area contributed by atoms with Gasteiger partial charge in [0.25, 0.3) is 0 Å². The van der Waals surface area contributed by atoms with Crippen LogP contribution in [0, 0.1) is 0 Å². The number of benzene rings is 3. The van der Waals surface area contributed by atoms with Crippen LogP contribution < -0.4 is 15.9 Å². The normalized spacial score (nSPS) is 12.6. The Hall–Kier alpha value is -2.28. The predicted octanol–water partition coefficient (Wildman–Crippen LogP) is 4.78. The molecule has 0 heterocycles. The van der Waals surface area contributed by atoms with E-state index in [9.17, 15) is 17.6 Å². The van der Waals surface area contributed by atoms with Crippen molar-refractivity contribution in [1.82, 2.24) is 0 Å². The fraction of sp³-hybridized carbons (Fsp3) is 0.217. The lowest BCUT2D eigenvalue weighted by Gasteiger charge is -2.31. The van der Waals surface area contributed by atoms with E-state index in [1.165, 1.54) is 15.9 Å². The summed E-state index contributed by atoms with van der Waals surface area (Å²) in [5.41, 5.74) is -6.90. The summed E-state index contributed by atoms with van der Waals surface area (Å²) in [7, 11) is -8.14. The second kappa shape index (κ2) is 10.1. The van der Waals surface area contributed by atoms with E-state index in [0.29, 0.717) is 6.16 Å². The van der Waals surface area contributed by atoms with E-state index in [1.807, 2.05) is 18.2 Å². The van der Waals surface area contributed by atoms with Crippen molar-refractivity contribution < 1.29 is 30.5 Å². The molecule has 0 aromatic heterocycles. The standard InChI is InChI=1S/C22H23FP.CHF3O3S/c1-22(2,23)18-24(19-12-6-3-7-13-19,20-14-8-4-9-15-20)21-16-10-5-11-17-21;2-1(3,4)8(5,6)7/h3-17H,18H2,1-2H3;(H,5,6,7)/q+1;/p-1. The predicted molar refractivity (Wildman–Crippen MR) is 121 cm³/mol. The fourth-order valence-electron chi connectivity index (χ4n) is 3.33. The van der Waals surface area contributed by atoms with Crippen molar-refractivity contribution in [3.05, 3.63) is 91.0 Å². The maximum atomic E-state index is 15.0. The summed E-state index contributed by atoms with van der Waals surface area (Å²) in [6.45, 7) is 3.38. The van der Waals surface area contributed by atoms with Crippen LogP contribution in [0.2, 0.25) is 0 Å². The summed E-state index contributed by atoms with van der Waals surface area (Å²) in [5.74, 6) is 0. The van der Waals surface area contributed by atoms with Crippen molar-refractivity contribution in [1.29, 1.82) is 0 Å².